The van der Waals surface area contributed by atoms with Crippen LogP contribution in [0.2, 0.25) is 0 Å². The molecule has 1 fully saturated rings. The molecule has 0 atom stereocenters. The van der Waals surface area contributed by atoms with Crippen molar-refractivity contribution in [2.45, 2.75) is 26.2 Å². The van der Waals surface area contributed by atoms with E-state index in [1.807, 2.05) is 31.2 Å². The summed E-state index contributed by atoms with van der Waals surface area (Å²) < 4.78 is 23.2. The van der Waals surface area contributed by atoms with Crippen molar-refractivity contribution in [2.75, 3.05) is 45.7 Å². The van der Waals surface area contributed by atoms with E-state index >= 15 is 0 Å². The summed E-state index contributed by atoms with van der Waals surface area (Å²) >= 11 is 0. The Morgan fingerprint density at radius 3 is 2.54 bits per heavy atom. The predicted octanol–water partition coefficient (Wildman–Crippen LogP) is 1.31. The van der Waals surface area contributed by atoms with Crippen LogP contribution in [0.15, 0.2) is 29.3 Å². The number of nitrogens with one attached hydrogen (secondary N) is 2. The molecule has 2 rings (SSSR count). The maximum atomic E-state index is 12.1. The summed E-state index contributed by atoms with van der Waals surface area (Å²) in [6, 6.07) is 7.64. The smallest absolute Gasteiger partial charge is 0.253 e. The van der Waals surface area contributed by atoms with E-state index in [4.69, 9.17) is 0 Å². The lowest BCUT2D eigenvalue weighted by Gasteiger charge is -2.15. The molecule has 0 aliphatic heterocycles. The largest absolute Gasteiger partial charge is 0.357 e. The number of sulfone groups is 1. The molecular weight excluding hydrogens is 376 g/mol. The van der Waals surface area contributed by atoms with E-state index in [0.717, 1.165) is 31.4 Å². The van der Waals surface area contributed by atoms with E-state index in [1.165, 1.54) is 6.26 Å². The Hall–Kier alpha value is -2.09. The lowest BCUT2D eigenvalue weighted by Crippen LogP contribution is -2.39. The summed E-state index contributed by atoms with van der Waals surface area (Å²) in [6.45, 7) is 3.92. The zero-order valence-corrected chi connectivity index (χ0v) is 18.1. The third-order valence-corrected chi connectivity index (χ3v) is 5.87. The van der Waals surface area contributed by atoms with Gasteiger partial charge in [-0.2, -0.15) is 0 Å². The molecule has 7 nitrogen and oxygen atoms in total. The fourth-order valence-corrected chi connectivity index (χ4v) is 4.61. The molecule has 28 heavy (non-hydrogen) atoms. The van der Waals surface area contributed by atoms with E-state index in [9.17, 15) is 13.2 Å². The minimum atomic E-state index is -2.99. The van der Waals surface area contributed by atoms with Crippen LogP contribution in [0.3, 0.4) is 0 Å². The highest BCUT2D eigenvalue weighted by Crippen LogP contribution is 2.46. The molecule has 0 unspecified atom stereocenters. The van der Waals surface area contributed by atoms with Gasteiger partial charge < -0.3 is 15.5 Å². The molecule has 0 saturated heterocycles. The summed E-state index contributed by atoms with van der Waals surface area (Å²) in [5, 5.41) is 6.50. The number of carbonyl (C=O) groups excluding carboxylic acids is 1. The summed E-state index contributed by atoms with van der Waals surface area (Å²) in [4.78, 5) is 18.3. The molecular formula is C20H32N4O3S. The van der Waals surface area contributed by atoms with Crippen LogP contribution in [-0.4, -0.2) is 70.9 Å². The molecule has 1 amide bonds. The first kappa shape index (κ1) is 22.2. The summed E-state index contributed by atoms with van der Waals surface area (Å²) in [7, 11) is 0.494. The molecule has 8 heteroatoms. The Balaban J connectivity index is 1.91. The van der Waals surface area contributed by atoms with Crippen molar-refractivity contribution < 1.29 is 13.2 Å². The van der Waals surface area contributed by atoms with Crippen molar-refractivity contribution >= 4 is 21.7 Å². The van der Waals surface area contributed by atoms with Gasteiger partial charge in [-0.3, -0.25) is 9.79 Å². The number of nitrogens with zero attached hydrogens (tertiary/aromatic N) is 2. The third kappa shape index (κ3) is 7.14. The number of hydrogen-bond donors (Lipinski definition) is 2. The first-order valence-electron chi connectivity index (χ1n) is 9.65. The van der Waals surface area contributed by atoms with Gasteiger partial charge in [0.1, 0.15) is 9.84 Å². The second-order valence-corrected chi connectivity index (χ2v) is 9.98. The minimum Gasteiger partial charge on any atom is -0.357 e. The molecule has 2 N–H and O–H groups in total. The second-order valence-electron chi connectivity index (χ2n) is 7.84. The average molecular weight is 409 g/mol. The van der Waals surface area contributed by atoms with E-state index < -0.39 is 9.84 Å². The van der Waals surface area contributed by atoms with Crippen molar-refractivity contribution in [3.8, 4) is 0 Å². The Morgan fingerprint density at radius 2 is 1.96 bits per heavy atom. The van der Waals surface area contributed by atoms with Gasteiger partial charge in [-0.1, -0.05) is 12.1 Å². The summed E-state index contributed by atoms with van der Waals surface area (Å²) in [5.74, 6) is 0.892. The monoisotopic (exact) mass is 408 g/mol. The third-order valence-electron chi connectivity index (χ3n) is 4.73. The number of rotatable bonds is 9. The molecule has 0 radical (unpaired) electrons. The average Bonchev–Trinajstić information content (AvgIpc) is 3.37. The standard InChI is InChI=1S/C20H32N4O3S/c1-5-21-19(23-14-20(10-11-20)15-28(4,26)27)22-12-9-16-7-6-8-17(13-16)18(25)24(2)3/h6-8,13H,5,9-12,14-15H2,1-4H3,(H2,21,22,23). The Labute approximate surface area is 168 Å². The van der Waals surface area contributed by atoms with Gasteiger partial charge in [0, 0.05) is 51.0 Å². The van der Waals surface area contributed by atoms with Gasteiger partial charge in [-0.15, -0.1) is 0 Å². The number of hydrogen-bond acceptors (Lipinski definition) is 4. The highest BCUT2D eigenvalue weighted by molar-refractivity contribution is 7.90. The van der Waals surface area contributed by atoms with Crippen molar-refractivity contribution in [2.24, 2.45) is 10.4 Å². The summed E-state index contributed by atoms with van der Waals surface area (Å²) in [6.07, 6.45) is 3.87. The van der Waals surface area contributed by atoms with E-state index in [-0.39, 0.29) is 17.1 Å². The van der Waals surface area contributed by atoms with Crippen LogP contribution >= 0.6 is 0 Å². The fourth-order valence-electron chi connectivity index (χ4n) is 3.11. The van der Waals surface area contributed by atoms with Gasteiger partial charge in [0.05, 0.1) is 5.75 Å². The van der Waals surface area contributed by atoms with Crippen LogP contribution in [0.4, 0.5) is 0 Å². The van der Waals surface area contributed by atoms with E-state index in [0.29, 0.717) is 24.6 Å². The second kappa shape index (κ2) is 9.41. The molecule has 1 aliphatic rings. The zero-order chi connectivity index (χ0) is 20.8. The van der Waals surface area contributed by atoms with Gasteiger partial charge in [0.25, 0.3) is 5.91 Å². The quantitative estimate of drug-likeness (QED) is 0.475. The maximum Gasteiger partial charge on any atom is 0.253 e. The van der Waals surface area contributed by atoms with Crippen LogP contribution in [0.25, 0.3) is 0 Å². The van der Waals surface area contributed by atoms with Crippen LogP contribution in [0.5, 0.6) is 0 Å². The van der Waals surface area contributed by atoms with Crippen LogP contribution in [0, 0.1) is 5.41 Å². The van der Waals surface area contributed by atoms with Gasteiger partial charge in [-0.25, -0.2) is 8.42 Å². The van der Waals surface area contributed by atoms with Crippen LogP contribution in [0.1, 0.15) is 35.7 Å². The predicted molar refractivity (Wildman–Crippen MR) is 114 cm³/mol. The van der Waals surface area contributed by atoms with Gasteiger partial charge in [0.15, 0.2) is 5.96 Å². The molecule has 1 aromatic carbocycles. The van der Waals surface area contributed by atoms with E-state index in [2.05, 4.69) is 15.6 Å². The number of aliphatic imine (C=N–C) groups is 1. The Bertz CT molecular complexity index is 814. The van der Waals surface area contributed by atoms with Crippen molar-refractivity contribution in [3.05, 3.63) is 35.4 Å². The van der Waals surface area contributed by atoms with E-state index in [1.54, 1.807) is 19.0 Å². The van der Waals surface area contributed by atoms with Crippen LogP contribution in [-0.2, 0) is 16.3 Å². The minimum absolute atomic E-state index is 0.00896. The molecule has 0 heterocycles. The topological polar surface area (TPSA) is 90.9 Å². The first-order valence-corrected chi connectivity index (χ1v) is 11.7. The Kier molecular flexibility index (Phi) is 7.46. The maximum absolute atomic E-state index is 12.1. The molecule has 1 aromatic rings. The number of carbonyl (C=O) groups is 1. The van der Waals surface area contributed by atoms with Gasteiger partial charge in [0.2, 0.25) is 0 Å². The molecule has 0 bridgehead atoms. The van der Waals surface area contributed by atoms with Crippen LogP contribution < -0.4 is 10.6 Å². The molecule has 0 spiro atoms. The zero-order valence-electron chi connectivity index (χ0n) is 17.3. The molecule has 1 saturated carbocycles. The SMILES string of the molecule is CCNC(=NCC1(CS(C)(=O)=O)CC1)NCCc1cccc(C(=O)N(C)C)c1. The number of amides is 1. The number of guanidine groups is 1. The normalized spacial score (nSPS) is 15.8. The molecule has 0 aromatic heterocycles. The van der Waals surface area contributed by atoms with Crippen molar-refractivity contribution in [3.63, 3.8) is 0 Å². The lowest BCUT2D eigenvalue weighted by molar-refractivity contribution is 0.0827. The number of benzene rings is 1. The highest BCUT2D eigenvalue weighted by Gasteiger charge is 2.45. The van der Waals surface area contributed by atoms with Crippen molar-refractivity contribution in [1.29, 1.82) is 0 Å². The van der Waals surface area contributed by atoms with Gasteiger partial charge in [-0.05, 0) is 43.9 Å². The van der Waals surface area contributed by atoms with Gasteiger partial charge >= 0.3 is 0 Å². The first-order chi connectivity index (χ1) is 13.1. The lowest BCUT2D eigenvalue weighted by atomic mass is 10.1. The Morgan fingerprint density at radius 1 is 1.25 bits per heavy atom. The van der Waals surface area contributed by atoms with Crippen molar-refractivity contribution in [1.82, 2.24) is 15.5 Å². The molecule has 156 valence electrons. The fraction of sp³-hybridized carbons (Fsp3) is 0.600. The highest BCUT2D eigenvalue weighted by atomic mass is 32.2. The summed E-state index contributed by atoms with van der Waals surface area (Å²) in [5.41, 5.74) is 1.57. The molecule has 1 aliphatic carbocycles.